The van der Waals surface area contributed by atoms with Gasteiger partial charge >= 0.3 is 0 Å². The van der Waals surface area contributed by atoms with Crippen molar-refractivity contribution in [2.24, 2.45) is 7.05 Å². The lowest BCUT2D eigenvalue weighted by atomic mass is 10.0. The lowest BCUT2D eigenvalue weighted by Crippen LogP contribution is -2.00. The van der Waals surface area contributed by atoms with E-state index in [1.165, 1.54) is 5.56 Å². The number of nitrogens with zero attached hydrogens (tertiary/aromatic N) is 1. The van der Waals surface area contributed by atoms with Gasteiger partial charge in [0.1, 0.15) is 0 Å². The van der Waals surface area contributed by atoms with Crippen LogP contribution in [0, 0.1) is 6.92 Å². The number of carbonyl (C=O) groups excluding carboxylic acids is 1. The average molecular weight is 363 g/mol. The molecule has 0 aliphatic rings. The van der Waals surface area contributed by atoms with E-state index >= 15 is 0 Å². The highest BCUT2D eigenvalue weighted by molar-refractivity contribution is 9.10. The molecule has 1 heterocycles. The van der Waals surface area contributed by atoms with Crippen LogP contribution in [0.2, 0.25) is 5.02 Å². The maximum absolute atomic E-state index is 12.7. The summed E-state index contributed by atoms with van der Waals surface area (Å²) in [5.74, 6) is 0.00168. The minimum absolute atomic E-state index is 0.00168. The minimum atomic E-state index is 0.00168. The van der Waals surface area contributed by atoms with Gasteiger partial charge < -0.3 is 4.57 Å². The second kappa shape index (κ2) is 5.32. The summed E-state index contributed by atoms with van der Waals surface area (Å²) in [7, 11) is 1.95. The van der Waals surface area contributed by atoms with Gasteiger partial charge in [-0.25, -0.2) is 0 Å². The summed E-state index contributed by atoms with van der Waals surface area (Å²) in [4.78, 5) is 12.7. The summed E-state index contributed by atoms with van der Waals surface area (Å²) in [6, 6.07) is 11.4. The van der Waals surface area contributed by atoms with Gasteiger partial charge in [0.2, 0.25) is 0 Å². The Morgan fingerprint density at radius 3 is 2.67 bits per heavy atom. The predicted molar refractivity (Wildman–Crippen MR) is 90.2 cm³/mol. The summed E-state index contributed by atoms with van der Waals surface area (Å²) in [6.45, 7) is 2.05. The molecule has 0 aliphatic heterocycles. The van der Waals surface area contributed by atoms with Crippen molar-refractivity contribution in [1.29, 1.82) is 0 Å². The average Bonchev–Trinajstić information content (AvgIpc) is 2.78. The molecule has 1 aromatic heterocycles. The third-order valence-electron chi connectivity index (χ3n) is 3.57. The van der Waals surface area contributed by atoms with E-state index in [-0.39, 0.29) is 5.78 Å². The van der Waals surface area contributed by atoms with Crippen LogP contribution < -0.4 is 0 Å². The molecule has 0 N–H and O–H groups in total. The summed E-state index contributed by atoms with van der Waals surface area (Å²) < 4.78 is 2.71. The fourth-order valence-corrected chi connectivity index (χ4v) is 2.96. The second-order valence-corrected chi connectivity index (χ2v) is 6.39. The molecule has 0 radical (unpaired) electrons. The zero-order valence-electron chi connectivity index (χ0n) is 11.7. The first-order valence-corrected chi connectivity index (χ1v) is 7.70. The fraction of sp³-hybridized carbons (Fsp3) is 0.118. The van der Waals surface area contributed by atoms with Gasteiger partial charge in [-0.05, 0) is 52.7 Å². The van der Waals surface area contributed by atoms with Crippen molar-refractivity contribution in [2.45, 2.75) is 6.92 Å². The molecule has 0 saturated heterocycles. The highest BCUT2D eigenvalue weighted by atomic mass is 79.9. The normalized spacial score (nSPS) is 11.0. The summed E-state index contributed by atoms with van der Waals surface area (Å²) in [5, 5.41) is 1.57. The van der Waals surface area contributed by atoms with E-state index in [4.69, 9.17) is 11.6 Å². The molecule has 0 atom stereocenters. The molecule has 0 amide bonds. The Bertz CT molecular complexity index is 867. The molecular formula is C17H13BrClNO. The van der Waals surface area contributed by atoms with Crippen molar-refractivity contribution in [3.05, 3.63) is 68.8 Å². The maximum atomic E-state index is 12.7. The summed E-state index contributed by atoms with van der Waals surface area (Å²) in [5.41, 5.74) is 3.57. The SMILES string of the molecule is Cc1ccc2c(C(=O)c3ccc(Cl)c(Br)c3)cn(C)c2c1. The second-order valence-electron chi connectivity index (χ2n) is 5.13. The Balaban J connectivity index is 2.15. The van der Waals surface area contributed by atoms with Crippen molar-refractivity contribution < 1.29 is 4.79 Å². The van der Waals surface area contributed by atoms with Crippen LogP contribution >= 0.6 is 27.5 Å². The Morgan fingerprint density at radius 2 is 1.95 bits per heavy atom. The van der Waals surface area contributed by atoms with E-state index in [1.54, 1.807) is 18.2 Å². The number of rotatable bonds is 2. The molecule has 0 unspecified atom stereocenters. The Kier molecular flexibility index (Phi) is 3.64. The molecule has 2 nitrogen and oxygen atoms in total. The Labute approximate surface area is 136 Å². The molecule has 21 heavy (non-hydrogen) atoms. The molecule has 2 aromatic carbocycles. The highest BCUT2D eigenvalue weighted by Crippen LogP contribution is 2.27. The predicted octanol–water partition coefficient (Wildman–Crippen LogP) is 5.13. The molecule has 3 aromatic rings. The van der Waals surface area contributed by atoms with Gasteiger partial charge in [0.05, 0.1) is 5.02 Å². The monoisotopic (exact) mass is 361 g/mol. The molecule has 0 bridgehead atoms. The van der Waals surface area contributed by atoms with Crippen molar-refractivity contribution in [2.75, 3.05) is 0 Å². The van der Waals surface area contributed by atoms with Gasteiger partial charge in [0, 0.05) is 39.7 Å². The van der Waals surface area contributed by atoms with E-state index in [2.05, 4.69) is 22.0 Å². The highest BCUT2D eigenvalue weighted by Gasteiger charge is 2.16. The minimum Gasteiger partial charge on any atom is -0.350 e. The van der Waals surface area contributed by atoms with E-state index < -0.39 is 0 Å². The van der Waals surface area contributed by atoms with Crippen molar-refractivity contribution in [3.8, 4) is 0 Å². The standard InChI is InChI=1S/C17H13BrClNO/c1-10-3-5-12-13(9-20(2)16(12)7-10)17(21)11-4-6-15(19)14(18)8-11/h3-9H,1-2H3. The van der Waals surface area contributed by atoms with Crippen LogP contribution in [0.4, 0.5) is 0 Å². The third kappa shape index (κ3) is 2.52. The molecule has 0 spiro atoms. The first-order chi connectivity index (χ1) is 9.97. The number of hydrogen-bond acceptors (Lipinski definition) is 1. The number of ketones is 1. The zero-order valence-corrected chi connectivity index (χ0v) is 14.0. The van der Waals surface area contributed by atoms with Crippen LogP contribution in [0.25, 0.3) is 10.9 Å². The van der Waals surface area contributed by atoms with Gasteiger partial charge in [-0.1, -0.05) is 23.7 Å². The lowest BCUT2D eigenvalue weighted by Gasteiger charge is -2.02. The number of fused-ring (bicyclic) bond motifs is 1. The van der Waals surface area contributed by atoms with Crippen LogP contribution in [0.1, 0.15) is 21.5 Å². The van der Waals surface area contributed by atoms with Crippen LogP contribution in [0.15, 0.2) is 47.1 Å². The number of hydrogen-bond donors (Lipinski definition) is 0. The van der Waals surface area contributed by atoms with Crippen LogP contribution in [-0.2, 0) is 7.05 Å². The first-order valence-electron chi connectivity index (χ1n) is 6.53. The molecule has 106 valence electrons. The molecule has 4 heteroatoms. The van der Waals surface area contributed by atoms with Crippen LogP contribution in [0.3, 0.4) is 0 Å². The smallest absolute Gasteiger partial charge is 0.195 e. The topological polar surface area (TPSA) is 22.0 Å². The quantitative estimate of drug-likeness (QED) is 0.579. The maximum Gasteiger partial charge on any atom is 0.195 e. The third-order valence-corrected chi connectivity index (χ3v) is 4.79. The van der Waals surface area contributed by atoms with Gasteiger partial charge in [0.25, 0.3) is 0 Å². The van der Waals surface area contributed by atoms with Crippen molar-refractivity contribution >= 4 is 44.2 Å². The lowest BCUT2D eigenvalue weighted by molar-refractivity contribution is 0.104. The van der Waals surface area contributed by atoms with E-state index in [1.807, 2.05) is 36.9 Å². The van der Waals surface area contributed by atoms with Crippen molar-refractivity contribution in [3.63, 3.8) is 0 Å². The number of halogens is 2. The van der Waals surface area contributed by atoms with E-state index in [9.17, 15) is 4.79 Å². The molecular weight excluding hydrogens is 350 g/mol. The van der Waals surface area contributed by atoms with Crippen molar-refractivity contribution in [1.82, 2.24) is 4.57 Å². The van der Waals surface area contributed by atoms with Gasteiger partial charge in [-0.3, -0.25) is 4.79 Å². The van der Waals surface area contributed by atoms with Gasteiger partial charge in [-0.2, -0.15) is 0 Å². The molecule has 0 saturated carbocycles. The largest absolute Gasteiger partial charge is 0.350 e. The van der Waals surface area contributed by atoms with E-state index in [0.29, 0.717) is 16.1 Å². The van der Waals surface area contributed by atoms with Gasteiger partial charge in [0.15, 0.2) is 5.78 Å². The van der Waals surface area contributed by atoms with Crippen LogP contribution in [-0.4, -0.2) is 10.4 Å². The van der Waals surface area contributed by atoms with Gasteiger partial charge in [-0.15, -0.1) is 0 Å². The summed E-state index contributed by atoms with van der Waals surface area (Å²) >= 11 is 9.35. The first kappa shape index (κ1) is 14.4. The Morgan fingerprint density at radius 1 is 1.19 bits per heavy atom. The molecule has 0 aliphatic carbocycles. The fourth-order valence-electron chi connectivity index (χ4n) is 2.47. The molecule has 0 fully saturated rings. The molecule has 3 rings (SSSR count). The number of carbonyl (C=O) groups is 1. The number of aryl methyl sites for hydroxylation is 2. The van der Waals surface area contributed by atoms with Crippen LogP contribution in [0.5, 0.6) is 0 Å². The summed E-state index contributed by atoms with van der Waals surface area (Å²) in [6.07, 6.45) is 1.88. The number of benzene rings is 2. The zero-order chi connectivity index (χ0) is 15.1. The Hall–Kier alpha value is -1.58. The number of aromatic nitrogens is 1. The van der Waals surface area contributed by atoms with E-state index in [0.717, 1.165) is 15.4 Å².